The van der Waals surface area contributed by atoms with E-state index in [1.54, 1.807) is 6.07 Å². The minimum Gasteiger partial charge on any atom is -0.449 e. The first-order valence-corrected chi connectivity index (χ1v) is 7.55. The van der Waals surface area contributed by atoms with Crippen molar-refractivity contribution in [2.24, 2.45) is 0 Å². The number of rotatable bonds is 6. The zero-order valence-electron chi connectivity index (χ0n) is 13.7. The van der Waals surface area contributed by atoms with Crippen molar-refractivity contribution in [1.82, 2.24) is 0 Å². The van der Waals surface area contributed by atoms with Gasteiger partial charge in [-0.25, -0.2) is 9.18 Å². The Kier molecular flexibility index (Phi) is 6.15. The molecule has 2 aromatic rings. The van der Waals surface area contributed by atoms with Gasteiger partial charge in [0.25, 0.3) is 11.6 Å². The zero-order chi connectivity index (χ0) is 19.1. The highest BCUT2D eigenvalue weighted by Gasteiger charge is 2.16. The van der Waals surface area contributed by atoms with Gasteiger partial charge in [-0.1, -0.05) is 12.1 Å². The minimum atomic E-state index is -1.08. The summed E-state index contributed by atoms with van der Waals surface area (Å²) in [4.78, 5) is 33.9. The molecule has 0 radical (unpaired) electrons. The van der Waals surface area contributed by atoms with Gasteiger partial charge in [0.1, 0.15) is 5.82 Å². The fourth-order valence-electron chi connectivity index (χ4n) is 1.95. The second kappa shape index (κ2) is 8.52. The molecule has 0 aromatic heterocycles. The Bertz CT molecular complexity index is 849. The fraction of sp³-hybridized carbons (Fsp3) is 0.111. The van der Waals surface area contributed by atoms with Gasteiger partial charge in [0.2, 0.25) is 0 Å². The van der Waals surface area contributed by atoms with Gasteiger partial charge in [-0.3, -0.25) is 14.9 Å². The van der Waals surface area contributed by atoms with Crippen LogP contribution in [0.5, 0.6) is 0 Å². The van der Waals surface area contributed by atoms with Gasteiger partial charge in [-0.15, -0.1) is 0 Å². The highest BCUT2D eigenvalue weighted by atomic mass is 19.1. The minimum absolute atomic E-state index is 0.104. The van der Waals surface area contributed by atoms with Crippen LogP contribution in [0.1, 0.15) is 12.5 Å². The Morgan fingerprint density at radius 1 is 1.23 bits per heavy atom. The maximum Gasteiger partial charge on any atom is 0.331 e. The largest absolute Gasteiger partial charge is 0.449 e. The molecule has 0 saturated heterocycles. The van der Waals surface area contributed by atoms with Crippen LogP contribution in [-0.2, 0) is 14.3 Å². The van der Waals surface area contributed by atoms with Crippen molar-refractivity contribution < 1.29 is 23.6 Å². The number of amides is 1. The molecule has 2 aromatic carbocycles. The number of nitrogens with zero attached hydrogens (tertiary/aromatic N) is 1. The SMILES string of the molecule is CC(OC(=O)C=Cc1cccc([N+](=O)[O-])c1)C(=O)Nc1ccc(F)cc1. The summed E-state index contributed by atoms with van der Waals surface area (Å²) in [5, 5.41) is 13.2. The number of nitro groups is 1. The Balaban J connectivity index is 1.91. The van der Waals surface area contributed by atoms with Crippen LogP contribution in [0, 0.1) is 15.9 Å². The topological polar surface area (TPSA) is 98.5 Å². The molecule has 26 heavy (non-hydrogen) atoms. The molecule has 1 amide bonds. The molecule has 1 atom stereocenters. The standard InChI is InChI=1S/C18H15FN2O5/c1-12(18(23)20-15-8-6-14(19)7-9-15)26-17(22)10-5-13-3-2-4-16(11-13)21(24)25/h2-12H,1H3,(H,20,23). The molecule has 0 bridgehead atoms. The highest BCUT2D eigenvalue weighted by Crippen LogP contribution is 2.14. The van der Waals surface area contributed by atoms with Gasteiger partial charge in [0.05, 0.1) is 4.92 Å². The average Bonchev–Trinajstić information content (AvgIpc) is 2.62. The Hall–Kier alpha value is -3.55. The summed E-state index contributed by atoms with van der Waals surface area (Å²) in [5.41, 5.74) is 0.707. The number of esters is 1. The van der Waals surface area contributed by atoms with Crippen LogP contribution in [0.2, 0.25) is 0 Å². The molecule has 134 valence electrons. The molecule has 0 spiro atoms. The zero-order valence-corrected chi connectivity index (χ0v) is 13.7. The summed E-state index contributed by atoms with van der Waals surface area (Å²) in [6.45, 7) is 1.39. The van der Waals surface area contributed by atoms with E-state index in [0.717, 1.165) is 6.08 Å². The van der Waals surface area contributed by atoms with Gasteiger partial charge in [-0.05, 0) is 42.8 Å². The number of nitrogens with one attached hydrogen (secondary N) is 1. The summed E-state index contributed by atoms with van der Waals surface area (Å²) in [7, 11) is 0. The van der Waals surface area contributed by atoms with E-state index < -0.39 is 28.7 Å². The lowest BCUT2D eigenvalue weighted by Crippen LogP contribution is -2.29. The van der Waals surface area contributed by atoms with Crippen LogP contribution in [0.25, 0.3) is 6.08 Å². The van der Waals surface area contributed by atoms with Gasteiger partial charge in [0, 0.05) is 23.9 Å². The maximum atomic E-state index is 12.8. The molecule has 0 fully saturated rings. The van der Waals surface area contributed by atoms with Crippen molar-refractivity contribution in [3.63, 3.8) is 0 Å². The molecule has 0 aliphatic carbocycles. The predicted molar refractivity (Wildman–Crippen MR) is 92.7 cm³/mol. The van der Waals surface area contributed by atoms with Crippen LogP contribution in [0.3, 0.4) is 0 Å². The molecule has 7 nitrogen and oxygen atoms in total. The lowest BCUT2D eigenvalue weighted by Gasteiger charge is -2.12. The van der Waals surface area contributed by atoms with E-state index in [-0.39, 0.29) is 5.69 Å². The number of ether oxygens (including phenoxy) is 1. The first kappa shape index (κ1) is 18.8. The number of nitro benzene ring substituents is 1. The quantitative estimate of drug-likeness (QED) is 0.370. The number of halogens is 1. The Morgan fingerprint density at radius 3 is 2.58 bits per heavy atom. The fourth-order valence-corrected chi connectivity index (χ4v) is 1.95. The first-order valence-electron chi connectivity index (χ1n) is 7.55. The molecule has 8 heteroatoms. The van der Waals surface area contributed by atoms with Gasteiger partial charge >= 0.3 is 5.97 Å². The van der Waals surface area contributed by atoms with Crippen molar-refractivity contribution in [1.29, 1.82) is 0 Å². The smallest absolute Gasteiger partial charge is 0.331 e. The van der Waals surface area contributed by atoms with Crippen molar-refractivity contribution >= 4 is 29.3 Å². The summed E-state index contributed by atoms with van der Waals surface area (Å²) in [6.07, 6.45) is 1.34. The third-order valence-electron chi connectivity index (χ3n) is 3.27. The van der Waals surface area contributed by atoms with E-state index in [2.05, 4.69) is 5.32 Å². The number of hydrogen-bond donors (Lipinski definition) is 1. The summed E-state index contributed by atoms with van der Waals surface area (Å²) < 4.78 is 17.8. The van der Waals surface area contributed by atoms with E-state index in [1.807, 2.05) is 0 Å². The second-order valence-electron chi connectivity index (χ2n) is 5.26. The van der Waals surface area contributed by atoms with E-state index in [0.29, 0.717) is 11.3 Å². The summed E-state index contributed by atoms with van der Waals surface area (Å²) in [5.74, 6) is -1.79. The van der Waals surface area contributed by atoms with Crippen LogP contribution in [0.15, 0.2) is 54.6 Å². The predicted octanol–water partition coefficient (Wildman–Crippen LogP) is 3.32. The molecule has 0 aliphatic rings. The number of carbonyl (C=O) groups excluding carboxylic acids is 2. The Morgan fingerprint density at radius 2 is 1.92 bits per heavy atom. The van der Waals surface area contributed by atoms with E-state index >= 15 is 0 Å². The number of benzene rings is 2. The van der Waals surface area contributed by atoms with Gasteiger partial charge < -0.3 is 10.1 Å². The van der Waals surface area contributed by atoms with Crippen LogP contribution in [0.4, 0.5) is 15.8 Å². The first-order chi connectivity index (χ1) is 12.3. The molecule has 1 N–H and O–H groups in total. The highest BCUT2D eigenvalue weighted by molar-refractivity contribution is 5.96. The van der Waals surface area contributed by atoms with Crippen LogP contribution in [-0.4, -0.2) is 22.9 Å². The molecular formula is C18H15FN2O5. The van der Waals surface area contributed by atoms with Gasteiger partial charge in [-0.2, -0.15) is 0 Å². The van der Waals surface area contributed by atoms with E-state index in [4.69, 9.17) is 4.74 Å². The molecule has 0 heterocycles. The Labute approximate surface area is 148 Å². The van der Waals surface area contributed by atoms with E-state index in [1.165, 1.54) is 55.5 Å². The third kappa shape index (κ3) is 5.52. The third-order valence-corrected chi connectivity index (χ3v) is 3.27. The number of hydrogen-bond acceptors (Lipinski definition) is 5. The van der Waals surface area contributed by atoms with Crippen molar-refractivity contribution in [2.75, 3.05) is 5.32 Å². The van der Waals surface area contributed by atoms with Crippen molar-refractivity contribution in [2.45, 2.75) is 13.0 Å². The average molecular weight is 358 g/mol. The molecule has 0 aliphatic heterocycles. The monoisotopic (exact) mass is 358 g/mol. The molecule has 1 unspecified atom stereocenters. The lowest BCUT2D eigenvalue weighted by molar-refractivity contribution is -0.384. The lowest BCUT2D eigenvalue weighted by atomic mass is 10.2. The maximum absolute atomic E-state index is 12.8. The van der Waals surface area contributed by atoms with Crippen LogP contribution < -0.4 is 5.32 Å². The number of non-ortho nitro benzene ring substituents is 1. The van der Waals surface area contributed by atoms with Crippen molar-refractivity contribution in [3.05, 3.63) is 76.1 Å². The van der Waals surface area contributed by atoms with Gasteiger partial charge in [0.15, 0.2) is 6.10 Å². The molecule has 2 rings (SSSR count). The van der Waals surface area contributed by atoms with E-state index in [9.17, 15) is 24.1 Å². The van der Waals surface area contributed by atoms with Crippen LogP contribution >= 0.6 is 0 Å². The molecular weight excluding hydrogens is 343 g/mol. The number of carbonyl (C=O) groups is 2. The van der Waals surface area contributed by atoms with Crippen molar-refractivity contribution in [3.8, 4) is 0 Å². The second-order valence-corrected chi connectivity index (χ2v) is 5.26. The summed E-state index contributed by atoms with van der Waals surface area (Å²) >= 11 is 0. The normalized spacial score (nSPS) is 11.8. The number of anilines is 1. The molecule has 0 saturated carbocycles. The summed E-state index contributed by atoms with van der Waals surface area (Å²) in [6, 6.07) is 10.8.